The van der Waals surface area contributed by atoms with E-state index < -0.39 is 5.97 Å². The van der Waals surface area contributed by atoms with Crippen LogP contribution in [0.3, 0.4) is 0 Å². The highest BCUT2D eigenvalue weighted by Gasteiger charge is 2.24. The number of nitrogens with one attached hydrogen (secondary N) is 1. The smallest absolute Gasteiger partial charge is 0.338 e. The second-order valence-corrected chi connectivity index (χ2v) is 6.50. The molecule has 21 heavy (non-hydrogen) atoms. The number of carboxylic acids is 1. The Morgan fingerprint density at radius 1 is 1.43 bits per heavy atom. The maximum absolute atomic E-state index is 12.4. The fourth-order valence-corrected chi connectivity index (χ4v) is 3.40. The number of carboxylic acid groups (broad SMARTS) is 1. The maximum Gasteiger partial charge on any atom is 0.338 e. The molecule has 1 amide bonds. The van der Waals surface area contributed by atoms with E-state index in [0.717, 1.165) is 17.7 Å². The van der Waals surface area contributed by atoms with Crippen molar-refractivity contribution in [2.24, 2.45) is 0 Å². The molecule has 1 saturated carbocycles. The predicted octanol–water partition coefficient (Wildman–Crippen LogP) is 3.53. The number of rotatable bonds is 4. The van der Waals surface area contributed by atoms with Crippen LogP contribution in [0.1, 0.15) is 51.0 Å². The zero-order valence-corrected chi connectivity index (χ0v) is 12.4. The topological polar surface area (TPSA) is 71.3 Å². The number of carbonyl (C=O) groups is 2. The van der Waals surface area contributed by atoms with Crippen LogP contribution >= 0.6 is 11.3 Å². The summed E-state index contributed by atoms with van der Waals surface area (Å²) in [7, 11) is 0. The van der Waals surface area contributed by atoms with Crippen molar-refractivity contribution in [3.63, 3.8) is 0 Å². The lowest BCUT2D eigenvalue weighted by atomic mass is 9.93. The van der Waals surface area contributed by atoms with E-state index in [0.29, 0.717) is 16.7 Å². The molecule has 0 bridgehead atoms. The molecule has 0 unspecified atom stereocenters. The summed E-state index contributed by atoms with van der Waals surface area (Å²) in [6.45, 7) is 1.82. The number of thiophene rings is 1. The van der Waals surface area contributed by atoms with E-state index in [1.807, 2.05) is 23.8 Å². The molecule has 2 heterocycles. The molecule has 2 N–H and O–H groups in total. The molecule has 2 aromatic heterocycles. The number of hydrogen-bond donors (Lipinski definition) is 2. The van der Waals surface area contributed by atoms with Crippen LogP contribution in [0.15, 0.2) is 24.4 Å². The van der Waals surface area contributed by atoms with Gasteiger partial charge in [-0.05, 0) is 44.4 Å². The predicted molar refractivity (Wildman–Crippen MR) is 81.3 cm³/mol. The molecule has 3 rings (SSSR count). The largest absolute Gasteiger partial charge is 0.478 e. The Kier molecular flexibility index (Phi) is 3.55. The number of amides is 1. The molecule has 0 spiro atoms. The van der Waals surface area contributed by atoms with Gasteiger partial charge in [-0.15, -0.1) is 11.3 Å². The quantitative estimate of drug-likeness (QED) is 0.907. The van der Waals surface area contributed by atoms with Gasteiger partial charge in [0, 0.05) is 17.1 Å². The third kappa shape index (κ3) is 2.58. The Bertz CT molecular complexity index is 698. The summed E-state index contributed by atoms with van der Waals surface area (Å²) in [6.07, 6.45) is 5.29. The average molecular weight is 304 g/mol. The van der Waals surface area contributed by atoms with Crippen molar-refractivity contribution < 1.29 is 14.7 Å². The third-order valence-corrected chi connectivity index (χ3v) is 4.76. The Labute approximate surface area is 126 Å². The number of carbonyl (C=O) groups excluding carboxylic acids is 1. The zero-order valence-electron chi connectivity index (χ0n) is 11.6. The van der Waals surface area contributed by atoms with Crippen LogP contribution in [0, 0.1) is 6.92 Å². The normalized spacial score (nSPS) is 14.7. The fourth-order valence-electron chi connectivity index (χ4n) is 2.50. The molecule has 0 aliphatic heterocycles. The molecular weight excluding hydrogens is 288 g/mol. The van der Waals surface area contributed by atoms with E-state index in [9.17, 15) is 9.59 Å². The number of nitrogens with zero attached hydrogens (tertiary/aromatic N) is 1. The fraction of sp³-hybridized carbons (Fsp3) is 0.333. The SMILES string of the molecule is Cc1cc(C(=O)O)c(NC(=O)c2cccn2C2CCC2)s1. The molecule has 6 heteroatoms. The van der Waals surface area contributed by atoms with Crippen LogP contribution in [0.4, 0.5) is 5.00 Å². The number of aromatic nitrogens is 1. The van der Waals surface area contributed by atoms with Gasteiger partial charge in [-0.2, -0.15) is 0 Å². The van der Waals surface area contributed by atoms with E-state index in [-0.39, 0.29) is 11.5 Å². The van der Waals surface area contributed by atoms with E-state index in [4.69, 9.17) is 5.11 Å². The molecule has 5 nitrogen and oxygen atoms in total. The first-order valence-corrected chi connectivity index (χ1v) is 7.70. The zero-order chi connectivity index (χ0) is 15.0. The molecule has 110 valence electrons. The van der Waals surface area contributed by atoms with Gasteiger partial charge in [0.15, 0.2) is 0 Å². The molecule has 2 aromatic rings. The van der Waals surface area contributed by atoms with Gasteiger partial charge in [0.2, 0.25) is 0 Å². The van der Waals surface area contributed by atoms with Crippen LogP contribution in [-0.2, 0) is 0 Å². The minimum absolute atomic E-state index is 0.146. The van der Waals surface area contributed by atoms with Crippen molar-refractivity contribution in [2.45, 2.75) is 32.2 Å². The summed E-state index contributed by atoms with van der Waals surface area (Å²) in [5, 5.41) is 12.3. The average Bonchev–Trinajstić information content (AvgIpc) is 2.94. The van der Waals surface area contributed by atoms with Crippen molar-refractivity contribution in [3.05, 3.63) is 40.5 Å². The molecule has 0 saturated heterocycles. The van der Waals surface area contributed by atoms with Gasteiger partial charge in [0.25, 0.3) is 5.91 Å². The van der Waals surface area contributed by atoms with Gasteiger partial charge in [-0.1, -0.05) is 0 Å². The Balaban J connectivity index is 1.84. The third-order valence-electron chi connectivity index (χ3n) is 3.79. The van der Waals surface area contributed by atoms with E-state index >= 15 is 0 Å². The second-order valence-electron chi connectivity index (χ2n) is 5.24. The standard InChI is InChI=1S/C15H16N2O3S/c1-9-8-11(15(19)20)14(21-9)16-13(18)12-6-3-7-17(12)10-4-2-5-10/h3,6-8,10H,2,4-5H2,1H3,(H,16,18)(H,19,20). The summed E-state index contributed by atoms with van der Waals surface area (Å²) in [6, 6.07) is 5.59. The highest BCUT2D eigenvalue weighted by Crippen LogP contribution is 2.33. The second kappa shape index (κ2) is 5.37. The Morgan fingerprint density at radius 2 is 2.19 bits per heavy atom. The lowest BCUT2D eigenvalue weighted by molar-refractivity contribution is 0.0698. The highest BCUT2D eigenvalue weighted by molar-refractivity contribution is 7.16. The number of aryl methyl sites for hydroxylation is 1. The first-order chi connectivity index (χ1) is 10.1. The van der Waals surface area contributed by atoms with Crippen LogP contribution in [0.2, 0.25) is 0 Å². The van der Waals surface area contributed by atoms with Gasteiger partial charge in [0.05, 0.1) is 5.56 Å². The first kappa shape index (κ1) is 13.9. The van der Waals surface area contributed by atoms with Gasteiger partial charge < -0.3 is 15.0 Å². The van der Waals surface area contributed by atoms with Crippen molar-refractivity contribution in [2.75, 3.05) is 5.32 Å². The number of hydrogen-bond acceptors (Lipinski definition) is 3. The molecule has 1 aliphatic rings. The monoisotopic (exact) mass is 304 g/mol. The molecule has 0 aromatic carbocycles. The van der Waals surface area contributed by atoms with Crippen molar-refractivity contribution in [1.82, 2.24) is 4.57 Å². The maximum atomic E-state index is 12.4. The van der Waals surface area contributed by atoms with Crippen LogP contribution in [0.25, 0.3) is 0 Å². The highest BCUT2D eigenvalue weighted by atomic mass is 32.1. The van der Waals surface area contributed by atoms with E-state index in [1.54, 1.807) is 12.1 Å². The molecule has 0 atom stereocenters. The lowest BCUT2D eigenvalue weighted by Gasteiger charge is -2.28. The Morgan fingerprint density at radius 3 is 2.81 bits per heavy atom. The lowest BCUT2D eigenvalue weighted by Crippen LogP contribution is -2.23. The van der Waals surface area contributed by atoms with Gasteiger partial charge in [-0.25, -0.2) is 4.79 Å². The summed E-state index contributed by atoms with van der Waals surface area (Å²) >= 11 is 1.28. The van der Waals surface area contributed by atoms with Gasteiger partial charge >= 0.3 is 5.97 Å². The van der Waals surface area contributed by atoms with Crippen molar-refractivity contribution in [1.29, 1.82) is 0 Å². The first-order valence-electron chi connectivity index (χ1n) is 6.88. The van der Waals surface area contributed by atoms with Crippen molar-refractivity contribution >= 4 is 28.2 Å². The summed E-state index contributed by atoms with van der Waals surface area (Å²) in [5.74, 6) is -1.28. The van der Waals surface area contributed by atoms with E-state index in [1.165, 1.54) is 17.8 Å². The molecular formula is C15H16N2O3S. The molecule has 0 radical (unpaired) electrons. The van der Waals surface area contributed by atoms with Gasteiger partial charge in [0.1, 0.15) is 10.7 Å². The summed E-state index contributed by atoms with van der Waals surface area (Å²) in [4.78, 5) is 24.4. The minimum atomic E-state index is -1.02. The number of anilines is 1. The molecule has 1 fully saturated rings. The Hall–Kier alpha value is -2.08. The van der Waals surface area contributed by atoms with Gasteiger partial charge in [-0.3, -0.25) is 4.79 Å². The minimum Gasteiger partial charge on any atom is -0.478 e. The summed E-state index contributed by atoms with van der Waals surface area (Å²) in [5.41, 5.74) is 0.731. The molecule has 1 aliphatic carbocycles. The number of aromatic carboxylic acids is 1. The van der Waals surface area contributed by atoms with Crippen LogP contribution < -0.4 is 5.32 Å². The van der Waals surface area contributed by atoms with Crippen LogP contribution in [-0.4, -0.2) is 21.6 Å². The van der Waals surface area contributed by atoms with E-state index in [2.05, 4.69) is 5.32 Å². The summed E-state index contributed by atoms with van der Waals surface area (Å²) < 4.78 is 1.99. The van der Waals surface area contributed by atoms with Crippen molar-refractivity contribution in [3.8, 4) is 0 Å². The van der Waals surface area contributed by atoms with Crippen LogP contribution in [0.5, 0.6) is 0 Å².